The standard InChI is InChI=1S/C20H20ClNO/c21-19-8-6-15(7-9-19)20(23)22-11-10-17-12-16(14-2-1-3-14)4-5-18(17)13-22/h4-9,12,14H,1-3,10-11,13H2. The zero-order chi connectivity index (χ0) is 15.8. The maximum Gasteiger partial charge on any atom is 0.254 e. The molecule has 23 heavy (non-hydrogen) atoms. The van der Waals surface area contributed by atoms with E-state index in [9.17, 15) is 4.79 Å². The molecule has 1 saturated carbocycles. The van der Waals surface area contributed by atoms with E-state index in [-0.39, 0.29) is 5.91 Å². The van der Waals surface area contributed by atoms with Crippen molar-refractivity contribution in [3.05, 3.63) is 69.7 Å². The first kappa shape index (κ1) is 14.8. The summed E-state index contributed by atoms with van der Waals surface area (Å²) in [5.41, 5.74) is 4.92. The number of nitrogens with zero attached hydrogens (tertiary/aromatic N) is 1. The van der Waals surface area contributed by atoms with Crippen molar-refractivity contribution in [1.29, 1.82) is 0 Å². The molecule has 1 heterocycles. The van der Waals surface area contributed by atoms with Crippen LogP contribution < -0.4 is 0 Å². The van der Waals surface area contributed by atoms with Gasteiger partial charge in [-0.05, 0) is 66.1 Å². The highest BCUT2D eigenvalue weighted by Gasteiger charge is 2.24. The van der Waals surface area contributed by atoms with E-state index in [4.69, 9.17) is 11.6 Å². The molecule has 0 unspecified atom stereocenters. The lowest BCUT2D eigenvalue weighted by molar-refractivity contribution is 0.0734. The molecule has 0 aromatic heterocycles. The summed E-state index contributed by atoms with van der Waals surface area (Å²) in [7, 11) is 0. The predicted octanol–water partition coefficient (Wildman–Crippen LogP) is 4.81. The zero-order valence-electron chi connectivity index (χ0n) is 13.1. The Balaban J connectivity index is 1.52. The molecule has 3 heteroatoms. The van der Waals surface area contributed by atoms with Gasteiger partial charge in [-0.15, -0.1) is 0 Å². The van der Waals surface area contributed by atoms with Gasteiger partial charge in [0.25, 0.3) is 5.91 Å². The van der Waals surface area contributed by atoms with Crippen LogP contribution in [0.1, 0.15) is 52.2 Å². The quantitative estimate of drug-likeness (QED) is 0.776. The number of halogens is 1. The first-order valence-electron chi connectivity index (χ1n) is 8.37. The molecule has 118 valence electrons. The molecule has 0 radical (unpaired) electrons. The third-order valence-electron chi connectivity index (χ3n) is 5.20. The van der Waals surface area contributed by atoms with Gasteiger partial charge >= 0.3 is 0 Å². The Morgan fingerprint density at radius 1 is 1.04 bits per heavy atom. The fourth-order valence-electron chi connectivity index (χ4n) is 3.52. The summed E-state index contributed by atoms with van der Waals surface area (Å²) in [5.74, 6) is 0.865. The summed E-state index contributed by atoms with van der Waals surface area (Å²) in [6.45, 7) is 1.50. The molecule has 0 saturated heterocycles. The molecule has 1 amide bonds. The predicted molar refractivity (Wildman–Crippen MR) is 92.9 cm³/mol. The lowest BCUT2D eigenvalue weighted by atomic mass is 9.79. The van der Waals surface area contributed by atoms with Gasteiger partial charge in [-0.3, -0.25) is 4.79 Å². The molecule has 2 aliphatic rings. The normalized spacial score (nSPS) is 17.5. The van der Waals surface area contributed by atoms with Gasteiger partial charge in [0.1, 0.15) is 0 Å². The van der Waals surface area contributed by atoms with Crippen molar-refractivity contribution in [3.63, 3.8) is 0 Å². The zero-order valence-corrected chi connectivity index (χ0v) is 13.9. The molecule has 0 bridgehead atoms. The van der Waals surface area contributed by atoms with Gasteiger partial charge in [0.15, 0.2) is 0 Å². The van der Waals surface area contributed by atoms with Crippen molar-refractivity contribution in [2.24, 2.45) is 0 Å². The first-order chi connectivity index (χ1) is 11.2. The lowest BCUT2D eigenvalue weighted by Gasteiger charge is -2.31. The molecule has 2 nitrogen and oxygen atoms in total. The van der Waals surface area contributed by atoms with Crippen molar-refractivity contribution in [2.75, 3.05) is 6.54 Å². The van der Waals surface area contributed by atoms with E-state index in [2.05, 4.69) is 18.2 Å². The molecular formula is C20H20ClNO. The van der Waals surface area contributed by atoms with Crippen LogP contribution in [-0.2, 0) is 13.0 Å². The van der Waals surface area contributed by atoms with Crippen molar-refractivity contribution >= 4 is 17.5 Å². The van der Waals surface area contributed by atoms with Crippen molar-refractivity contribution < 1.29 is 4.79 Å². The van der Waals surface area contributed by atoms with Crippen LogP contribution in [0, 0.1) is 0 Å². The molecule has 0 atom stereocenters. The third-order valence-corrected chi connectivity index (χ3v) is 5.45. The number of hydrogen-bond acceptors (Lipinski definition) is 1. The molecule has 1 aliphatic heterocycles. The van der Waals surface area contributed by atoms with E-state index < -0.39 is 0 Å². The molecule has 2 aromatic rings. The van der Waals surface area contributed by atoms with Gasteiger partial charge in [0.2, 0.25) is 0 Å². The molecule has 0 spiro atoms. The van der Waals surface area contributed by atoms with E-state index >= 15 is 0 Å². The van der Waals surface area contributed by atoms with Gasteiger partial charge in [0, 0.05) is 23.7 Å². The average Bonchev–Trinajstić information content (AvgIpc) is 2.53. The van der Waals surface area contributed by atoms with Gasteiger partial charge < -0.3 is 4.90 Å². The van der Waals surface area contributed by atoms with Crippen molar-refractivity contribution in [3.8, 4) is 0 Å². The Kier molecular flexibility index (Phi) is 3.86. The molecule has 4 rings (SSSR count). The smallest absolute Gasteiger partial charge is 0.254 e. The highest BCUT2D eigenvalue weighted by molar-refractivity contribution is 6.30. The molecule has 1 aliphatic carbocycles. The Morgan fingerprint density at radius 2 is 1.83 bits per heavy atom. The average molecular weight is 326 g/mol. The minimum Gasteiger partial charge on any atom is -0.334 e. The summed E-state index contributed by atoms with van der Waals surface area (Å²) < 4.78 is 0. The maximum absolute atomic E-state index is 12.6. The number of fused-ring (bicyclic) bond motifs is 1. The fraction of sp³-hybridized carbons (Fsp3) is 0.350. The number of benzene rings is 2. The Bertz CT molecular complexity index is 734. The number of rotatable bonds is 2. The highest BCUT2D eigenvalue weighted by atomic mass is 35.5. The topological polar surface area (TPSA) is 20.3 Å². The second-order valence-electron chi connectivity index (χ2n) is 6.64. The summed E-state index contributed by atoms with van der Waals surface area (Å²) in [6.07, 6.45) is 4.99. The van der Waals surface area contributed by atoms with Gasteiger partial charge in [0.05, 0.1) is 0 Å². The number of amides is 1. The largest absolute Gasteiger partial charge is 0.334 e. The Hall–Kier alpha value is -1.80. The maximum atomic E-state index is 12.6. The number of hydrogen-bond donors (Lipinski definition) is 0. The third kappa shape index (κ3) is 2.88. The van der Waals surface area contributed by atoms with Crippen LogP contribution in [0.4, 0.5) is 0 Å². The minimum absolute atomic E-state index is 0.0930. The Morgan fingerprint density at radius 3 is 2.52 bits per heavy atom. The summed E-state index contributed by atoms with van der Waals surface area (Å²) >= 11 is 5.90. The van der Waals surface area contributed by atoms with Crippen LogP contribution in [0.3, 0.4) is 0 Å². The molecular weight excluding hydrogens is 306 g/mol. The van der Waals surface area contributed by atoms with Crippen LogP contribution in [-0.4, -0.2) is 17.4 Å². The molecule has 2 aromatic carbocycles. The summed E-state index contributed by atoms with van der Waals surface area (Å²) in [4.78, 5) is 14.6. The van der Waals surface area contributed by atoms with E-state index in [0.29, 0.717) is 17.1 Å². The summed E-state index contributed by atoms with van der Waals surface area (Å²) in [5, 5.41) is 0.661. The highest BCUT2D eigenvalue weighted by Crippen LogP contribution is 2.37. The van der Waals surface area contributed by atoms with Crippen LogP contribution in [0.5, 0.6) is 0 Å². The van der Waals surface area contributed by atoms with Gasteiger partial charge in [-0.2, -0.15) is 0 Å². The first-order valence-corrected chi connectivity index (χ1v) is 8.75. The van der Waals surface area contributed by atoms with Crippen LogP contribution in [0.2, 0.25) is 5.02 Å². The minimum atomic E-state index is 0.0930. The molecule has 0 N–H and O–H groups in total. The van der Waals surface area contributed by atoms with E-state index in [1.807, 2.05) is 4.90 Å². The van der Waals surface area contributed by atoms with Crippen LogP contribution in [0.25, 0.3) is 0 Å². The van der Waals surface area contributed by atoms with Crippen LogP contribution in [0.15, 0.2) is 42.5 Å². The lowest BCUT2D eigenvalue weighted by Crippen LogP contribution is -2.36. The van der Waals surface area contributed by atoms with Crippen molar-refractivity contribution in [2.45, 2.75) is 38.1 Å². The molecule has 1 fully saturated rings. The van der Waals surface area contributed by atoms with E-state index in [1.165, 1.54) is 36.0 Å². The Labute approximate surface area is 142 Å². The van der Waals surface area contributed by atoms with Crippen molar-refractivity contribution in [1.82, 2.24) is 4.90 Å². The second-order valence-corrected chi connectivity index (χ2v) is 7.08. The van der Waals surface area contributed by atoms with Gasteiger partial charge in [-0.1, -0.05) is 36.2 Å². The van der Waals surface area contributed by atoms with E-state index in [1.54, 1.807) is 24.3 Å². The monoisotopic (exact) mass is 325 g/mol. The second kappa shape index (κ2) is 6.01. The number of carbonyl (C=O) groups excluding carboxylic acids is 1. The SMILES string of the molecule is O=C(c1ccc(Cl)cc1)N1CCc2cc(C3CCC3)ccc2C1. The van der Waals surface area contributed by atoms with E-state index in [0.717, 1.165) is 18.9 Å². The van der Waals surface area contributed by atoms with Gasteiger partial charge in [-0.25, -0.2) is 0 Å². The number of carbonyl (C=O) groups is 1. The van der Waals surface area contributed by atoms with Crippen LogP contribution >= 0.6 is 11.6 Å². The fourth-order valence-corrected chi connectivity index (χ4v) is 3.64. The summed E-state index contributed by atoms with van der Waals surface area (Å²) in [6, 6.07) is 14.0.